The number of nitrogens with one attached hydrogen (secondary N) is 1. The molecule has 4 rings (SSSR count). The van der Waals surface area contributed by atoms with Crippen LogP contribution in [0.3, 0.4) is 0 Å². The fourth-order valence-electron chi connectivity index (χ4n) is 2.99. The van der Waals surface area contributed by atoms with Gasteiger partial charge in [0.1, 0.15) is 4.88 Å². The van der Waals surface area contributed by atoms with Crippen LogP contribution in [0.1, 0.15) is 23.5 Å². The molecule has 3 heterocycles. The molecule has 3 aromatic heterocycles. The second-order valence-corrected chi connectivity index (χ2v) is 8.55. The Bertz CT molecular complexity index is 1100. The number of nitrogen functional groups attached to an aromatic ring is 1. The summed E-state index contributed by atoms with van der Waals surface area (Å²) in [5.74, 6) is -0.139. The summed E-state index contributed by atoms with van der Waals surface area (Å²) in [5.41, 5.74) is 9.63. The van der Waals surface area contributed by atoms with Crippen molar-refractivity contribution >= 4 is 44.4 Å². The van der Waals surface area contributed by atoms with Crippen molar-refractivity contribution in [3.63, 3.8) is 0 Å². The summed E-state index contributed by atoms with van der Waals surface area (Å²) in [7, 11) is 0. The molecule has 0 atom stereocenters. The topological polar surface area (TPSA) is 68.0 Å². The van der Waals surface area contributed by atoms with E-state index in [2.05, 4.69) is 11.4 Å². The maximum absolute atomic E-state index is 12.6. The van der Waals surface area contributed by atoms with E-state index in [1.54, 1.807) is 11.3 Å². The molecule has 0 bridgehead atoms. The predicted octanol–water partition coefficient (Wildman–Crippen LogP) is 5.41. The number of rotatable bonds is 4. The first-order chi connectivity index (χ1) is 13.0. The number of nitrogens with two attached hydrogens (primary N) is 1. The van der Waals surface area contributed by atoms with E-state index in [0.29, 0.717) is 10.6 Å². The van der Waals surface area contributed by atoms with Gasteiger partial charge in [-0.3, -0.25) is 4.79 Å². The van der Waals surface area contributed by atoms with Gasteiger partial charge in [-0.1, -0.05) is 36.4 Å². The van der Waals surface area contributed by atoms with Gasteiger partial charge in [0, 0.05) is 21.7 Å². The summed E-state index contributed by atoms with van der Waals surface area (Å²) in [4.78, 5) is 19.2. The van der Waals surface area contributed by atoms with Gasteiger partial charge in [0.25, 0.3) is 5.91 Å². The van der Waals surface area contributed by atoms with E-state index in [4.69, 9.17) is 10.7 Å². The Hall–Kier alpha value is -2.70. The van der Waals surface area contributed by atoms with Crippen molar-refractivity contribution in [1.29, 1.82) is 0 Å². The van der Waals surface area contributed by atoms with Crippen LogP contribution in [0.4, 0.5) is 5.69 Å². The molecule has 0 spiro atoms. The number of pyridine rings is 1. The van der Waals surface area contributed by atoms with Gasteiger partial charge in [-0.15, -0.1) is 22.7 Å². The Balaban J connectivity index is 1.97. The van der Waals surface area contributed by atoms with E-state index in [1.807, 2.05) is 61.7 Å². The Morgan fingerprint density at radius 2 is 1.93 bits per heavy atom. The molecule has 0 aliphatic rings. The molecule has 0 aliphatic heterocycles. The third-order valence-electron chi connectivity index (χ3n) is 4.16. The highest BCUT2D eigenvalue weighted by molar-refractivity contribution is 7.21. The number of nitrogens with zero attached hydrogens (tertiary/aromatic N) is 1. The maximum atomic E-state index is 12.6. The summed E-state index contributed by atoms with van der Waals surface area (Å²) in [5, 5.41) is 5.82. The van der Waals surface area contributed by atoms with Crippen LogP contribution in [0.2, 0.25) is 0 Å². The quantitative estimate of drug-likeness (QED) is 0.487. The first-order valence-corrected chi connectivity index (χ1v) is 10.4. The van der Waals surface area contributed by atoms with Crippen molar-refractivity contribution in [2.24, 2.45) is 0 Å². The number of hydrogen-bond acceptors (Lipinski definition) is 5. The van der Waals surface area contributed by atoms with E-state index in [-0.39, 0.29) is 11.9 Å². The van der Waals surface area contributed by atoms with E-state index < -0.39 is 0 Å². The normalized spacial score (nSPS) is 11.2. The van der Waals surface area contributed by atoms with Crippen molar-refractivity contribution in [3.8, 4) is 21.8 Å². The van der Waals surface area contributed by atoms with Gasteiger partial charge < -0.3 is 11.1 Å². The number of anilines is 1. The number of carbonyl (C=O) groups excluding carboxylic acids is 1. The zero-order chi connectivity index (χ0) is 19.0. The highest BCUT2D eigenvalue weighted by atomic mass is 32.1. The van der Waals surface area contributed by atoms with E-state index in [0.717, 1.165) is 31.9 Å². The SMILES string of the molecule is CC(C)NC(=O)c1sc2cc(-c3cccs3)nc(-c3ccccc3)c2c1N. The molecule has 0 radical (unpaired) electrons. The van der Waals surface area contributed by atoms with E-state index >= 15 is 0 Å². The van der Waals surface area contributed by atoms with Crippen molar-refractivity contribution in [1.82, 2.24) is 10.3 Å². The van der Waals surface area contributed by atoms with Crippen LogP contribution in [0.5, 0.6) is 0 Å². The number of aromatic nitrogens is 1. The number of thiophene rings is 2. The van der Waals surface area contributed by atoms with Crippen LogP contribution in [-0.2, 0) is 0 Å². The monoisotopic (exact) mass is 393 g/mol. The van der Waals surface area contributed by atoms with Crippen LogP contribution in [-0.4, -0.2) is 16.9 Å². The number of carbonyl (C=O) groups is 1. The van der Waals surface area contributed by atoms with Gasteiger partial charge in [-0.2, -0.15) is 0 Å². The fourth-order valence-corrected chi connectivity index (χ4v) is 4.74. The lowest BCUT2D eigenvalue weighted by molar-refractivity contribution is 0.0948. The number of amides is 1. The maximum Gasteiger partial charge on any atom is 0.263 e. The van der Waals surface area contributed by atoms with E-state index in [1.165, 1.54) is 11.3 Å². The van der Waals surface area contributed by atoms with Gasteiger partial charge in [-0.25, -0.2) is 4.98 Å². The second kappa shape index (κ2) is 7.13. The smallest absolute Gasteiger partial charge is 0.263 e. The minimum atomic E-state index is -0.139. The first kappa shape index (κ1) is 17.7. The lowest BCUT2D eigenvalue weighted by atomic mass is 10.1. The third kappa shape index (κ3) is 3.34. The highest BCUT2D eigenvalue weighted by Gasteiger charge is 2.21. The molecule has 1 aromatic carbocycles. The third-order valence-corrected chi connectivity index (χ3v) is 6.20. The molecular formula is C21H19N3OS2. The second-order valence-electron chi connectivity index (χ2n) is 6.55. The summed E-state index contributed by atoms with van der Waals surface area (Å²) in [6.07, 6.45) is 0. The van der Waals surface area contributed by atoms with Gasteiger partial charge in [0.15, 0.2) is 0 Å². The molecule has 0 fully saturated rings. The molecule has 1 amide bonds. The van der Waals surface area contributed by atoms with Crippen LogP contribution < -0.4 is 11.1 Å². The summed E-state index contributed by atoms with van der Waals surface area (Å²) in [6, 6.07) is 16.1. The van der Waals surface area contributed by atoms with Crippen LogP contribution in [0.15, 0.2) is 53.9 Å². The fraction of sp³-hybridized carbons (Fsp3) is 0.143. The largest absolute Gasteiger partial charge is 0.397 e. The first-order valence-electron chi connectivity index (χ1n) is 8.67. The molecule has 0 aliphatic carbocycles. The Kier molecular flexibility index (Phi) is 4.68. The standard InChI is InChI=1S/C21H19N3OS2/c1-12(2)23-21(25)20-18(22)17-16(27-20)11-14(15-9-6-10-26-15)24-19(17)13-7-4-3-5-8-13/h3-12H,22H2,1-2H3,(H,23,25). The number of fused-ring (bicyclic) bond motifs is 1. The molecule has 0 saturated heterocycles. The van der Waals surface area contributed by atoms with E-state index in [9.17, 15) is 4.79 Å². The molecule has 3 N–H and O–H groups in total. The lowest BCUT2D eigenvalue weighted by Crippen LogP contribution is -2.29. The predicted molar refractivity (Wildman–Crippen MR) is 115 cm³/mol. The summed E-state index contributed by atoms with van der Waals surface area (Å²) >= 11 is 3.07. The Morgan fingerprint density at radius 3 is 2.59 bits per heavy atom. The van der Waals surface area contributed by atoms with Gasteiger partial charge >= 0.3 is 0 Å². The average molecular weight is 394 g/mol. The molecule has 4 aromatic rings. The highest BCUT2D eigenvalue weighted by Crippen LogP contribution is 2.41. The van der Waals surface area contributed by atoms with Crippen molar-refractivity contribution in [2.75, 3.05) is 5.73 Å². The van der Waals surface area contributed by atoms with Gasteiger partial charge in [0.05, 0.1) is 22.0 Å². The molecule has 4 nitrogen and oxygen atoms in total. The molecule has 136 valence electrons. The van der Waals surface area contributed by atoms with Crippen molar-refractivity contribution in [3.05, 3.63) is 58.8 Å². The molecule has 27 heavy (non-hydrogen) atoms. The zero-order valence-corrected chi connectivity index (χ0v) is 16.7. The summed E-state index contributed by atoms with van der Waals surface area (Å²) in [6.45, 7) is 3.88. The number of hydrogen-bond donors (Lipinski definition) is 2. The summed E-state index contributed by atoms with van der Waals surface area (Å²) < 4.78 is 0.971. The molecular weight excluding hydrogens is 374 g/mol. The Morgan fingerprint density at radius 1 is 1.15 bits per heavy atom. The average Bonchev–Trinajstić information content (AvgIpc) is 3.30. The number of benzene rings is 1. The molecule has 6 heteroatoms. The van der Waals surface area contributed by atoms with Gasteiger partial charge in [-0.05, 0) is 31.4 Å². The molecule has 0 unspecified atom stereocenters. The lowest BCUT2D eigenvalue weighted by Gasteiger charge is -2.08. The van der Waals surface area contributed by atoms with Crippen LogP contribution >= 0.6 is 22.7 Å². The van der Waals surface area contributed by atoms with Crippen LogP contribution in [0, 0.1) is 0 Å². The van der Waals surface area contributed by atoms with Gasteiger partial charge in [0.2, 0.25) is 0 Å². The molecule has 0 saturated carbocycles. The van der Waals surface area contributed by atoms with Crippen LogP contribution in [0.25, 0.3) is 31.9 Å². The van der Waals surface area contributed by atoms with Crippen molar-refractivity contribution < 1.29 is 4.79 Å². The minimum absolute atomic E-state index is 0.0514. The minimum Gasteiger partial charge on any atom is -0.397 e. The Labute approximate surface area is 165 Å². The van der Waals surface area contributed by atoms with Crippen molar-refractivity contribution in [2.45, 2.75) is 19.9 Å². The zero-order valence-electron chi connectivity index (χ0n) is 15.0.